The number of rotatable bonds is 10. The van der Waals surface area contributed by atoms with E-state index in [0.717, 1.165) is 5.56 Å². The predicted octanol–water partition coefficient (Wildman–Crippen LogP) is 3.38. The molecule has 2 N–H and O–H groups in total. The molecule has 0 spiro atoms. The summed E-state index contributed by atoms with van der Waals surface area (Å²) in [5.74, 6) is 1.41. The molecule has 2 amide bonds. The number of hydrazone groups is 1. The Morgan fingerprint density at radius 3 is 2.18 bits per heavy atom. The van der Waals surface area contributed by atoms with Crippen LogP contribution >= 0.6 is 0 Å². The first-order valence-corrected chi connectivity index (χ1v) is 10.3. The highest BCUT2D eigenvalue weighted by molar-refractivity contribution is 5.97. The first kappa shape index (κ1) is 24.1. The molecule has 0 saturated carbocycles. The van der Waals surface area contributed by atoms with Crippen molar-refractivity contribution >= 4 is 18.0 Å². The minimum absolute atomic E-state index is 0.251. The number of ether oxygens (including phenoxy) is 4. The Bertz CT molecular complexity index is 1140. The van der Waals surface area contributed by atoms with Gasteiger partial charge in [-0.25, -0.2) is 5.43 Å². The van der Waals surface area contributed by atoms with E-state index in [1.54, 1.807) is 6.07 Å². The largest absolute Gasteiger partial charge is 0.493 e. The number of para-hydroxylation sites is 1. The van der Waals surface area contributed by atoms with Gasteiger partial charge in [-0.1, -0.05) is 30.3 Å². The van der Waals surface area contributed by atoms with Gasteiger partial charge < -0.3 is 24.3 Å². The second kappa shape index (κ2) is 11.9. The summed E-state index contributed by atoms with van der Waals surface area (Å²) in [5, 5.41) is 6.46. The van der Waals surface area contributed by atoms with E-state index < -0.39 is 11.8 Å². The maximum absolute atomic E-state index is 12.5. The number of nitrogens with one attached hydrogen (secondary N) is 2. The number of hydrogen-bond donors (Lipinski definition) is 2. The zero-order chi connectivity index (χ0) is 24.3. The maximum atomic E-state index is 12.5. The van der Waals surface area contributed by atoms with E-state index >= 15 is 0 Å². The lowest BCUT2D eigenvalue weighted by Gasteiger charge is -2.14. The number of methoxy groups -OCH3 is 3. The molecular weight excluding hydrogens is 438 g/mol. The van der Waals surface area contributed by atoms with Crippen molar-refractivity contribution in [2.45, 2.75) is 0 Å². The SMILES string of the molecule is COc1cc(C(=O)NCC(=O)NN=Cc2cccc(Oc3ccccc3)c2)cc(OC)c1OC. The van der Waals surface area contributed by atoms with Gasteiger partial charge in [-0.2, -0.15) is 5.10 Å². The van der Waals surface area contributed by atoms with Gasteiger partial charge in [0.2, 0.25) is 5.75 Å². The smallest absolute Gasteiger partial charge is 0.259 e. The van der Waals surface area contributed by atoms with Crippen molar-refractivity contribution in [2.24, 2.45) is 5.10 Å². The molecule has 0 atom stereocenters. The Morgan fingerprint density at radius 1 is 0.853 bits per heavy atom. The van der Waals surface area contributed by atoms with Gasteiger partial charge in [-0.05, 0) is 42.0 Å². The molecule has 0 fully saturated rings. The van der Waals surface area contributed by atoms with Crippen LogP contribution in [-0.2, 0) is 4.79 Å². The second-order valence-electron chi connectivity index (χ2n) is 6.88. The Kier molecular flexibility index (Phi) is 8.45. The topological polar surface area (TPSA) is 107 Å². The molecule has 0 aliphatic heterocycles. The van der Waals surface area contributed by atoms with Crippen molar-refractivity contribution in [3.05, 3.63) is 77.9 Å². The summed E-state index contributed by atoms with van der Waals surface area (Å²) in [6.45, 7) is -0.274. The molecule has 0 saturated heterocycles. The van der Waals surface area contributed by atoms with Gasteiger partial charge in [0.25, 0.3) is 11.8 Å². The minimum atomic E-state index is -0.492. The quantitative estimate of drug-likeness (QED) is 0.353. The first-order chi connectivity index (χ1) is 16.5. The number of amides is 2. The summed E-state index contributed by atoms with van der Waals surface area (Å²) in [6.07, 6.45) is 1.48. The van der Waals surface area contributed by atoms with Crippen molar-refractivity contribution < 1.29 is 28.5 Å². The lowest BCUT2D eigenvalue weighted by Crippen LogP contribution is -2.34. The van der Waals surface area contributed by atoms with Gasteiger partial charge in [0.05, 0.1) is 34.1 Å². The van der Waals surface area contributed by atoms with Gasteiger partial charge in [0, 0.05) is 5.56 Å². The van der Waals surface area contributed by atoms with Crippen LogP contribution in [0.25, 0.3) is 0 Å². The van der Waals surface area contributed by atoms with E-state index in [1.807, 2.05) is 48.5 Å². The van der Waals surface area contributed by atoms with Crippen LogP contribution in [-0.4, -0.2) is 45.9 Å². The van der Waals surface area contributed by atoms with Crippen molar-refractivity contribution in [3.63, 3.8) is 0 Å². The van der Waals surface area contributed by atoms with Gasteiger partial charge in [0.1, 0.15) is 11.5 Å². The van der Waals surface area contributed by atoms with E-state index in [2.05, 4.69) is 15.8 Å². The molecule has 0 aliphatic carbocycles. The molecule has 0 unspecified atom stereocenters. The van der Waals surface area contributed by atoms with Crippen LogP contribution in [0.3, 0.4) is 0 Å². The van der Waals surface area contributed by atoms with Crippen LogP contribution in [0.4, 0.5) is 0 Å². The molecule has 3 rings (SSSR count). The standard InChI is InChI=1S/C25H25N3O6/c1-31-21-13-18(14-22(32-2)24(21)33-3)25(30)26-16-23(29)28-27-15-17-8-7-11-20(12-17)34-19-9-5-4-6-10-19/h4-15H,16H2,1-3H3,(H,26,30)(H,28,29). The molecule has 34 heavy (non-hydrogen) atoms. The molecule has 0 aromatic heterocycles. The van der Waals surface area contributed by atoms with E-state index in [-0.39, 0.29) is 12.1 Å². The van der Waals surface area contributed by atoms with Crippen LogP contribution in [0.15, 0.2) is 71.8 Å². The Hall–Kier alpha value is -4.53. The molecule has 9 nitrogen and oxygen atoms in total. The van der Waals surface area contributed by atoms with Crippen LogP contribution in [0.5, 0.6) is 28.7 Å². The van der Waals surface area contributed by atoms with Gasteiger partial charge in [0.15, 0.2) is 11.5 Å². The predicted molar refractivity (Wildman–Crippen MR) is 127 cm³/mol. The van der Waals surface area contributed by atoms with E-state index in [9.17, 15) is 9.59 Å². The van der Waals surface area contributed by atoms with E-state index in [1.165, 1.54) is 39.7 Å². The Morgan fingerprint density at radius 2 is 1.53 bits per heavy atom. The fraction of sp³-hybridized carbons (Fsp3) is 0.160. The minimum Gasteiger partial charge on any atom is -0.493 e. The monoisotopic (exact) mass is 463 g/mol. The molecule has 0 heterocycles. The third-order valence-corrected chi connectivity index (χ3v) is 4.58. The van der Waals surface area contributed by atoms with Crippen LogP contribution in [0.2, 0.25) is 0 Å². The lowest BCUT2D eigenvalue weighted by molar-refractivity contribution is -0.120. The zero-order valence-corrected chi connectivity index (χ0v) is 19.0. The first-order valence-electron chi connectivity index (χ1n) is 10.3. The Balaban J connectivity index is 1.54. The van der Waals surface area contributed by atoms with Gasteiger partial charge >= 0.3 is 0 Å². The average molecular weight is 463 g/mol. The van der Waals surface area contributed by atoms with Crippen LogP contribution in [0, 0.1) is 0 Å². The molecule has 3 aromatic carbocycles. The van der Waals surface area contributed by atoms with E-state index in [0.29, 0.717) is 28.7 Å². The molecule has 176 valence electrons. The third kappa shape index (κ3) is 6.49. The van der Waals surface area contributed by atoms with Crippen molar-refractivity contribution in [1.29, 1.82) is 0 Å². The molecule has 0 aliphatic rings. The summed E-state index contributed by atoms with van der Waals surface area (Å²) in [4.78, 5) is 24.6. The maximum Gasteiger partial charge on any atom is 0.259 e. The number of nitrogens with zero attached hydrogens (tertiary/aromatic N) is 1. The summed E-state index contributed by atoms with van der Waals surface area (Å²) in [5.41, 5.74) is 3.36. The summed E-state index contributed by atoms with van der Waals surface area (Å²) in [6, 6.07) is 19.6. The Labute approximate surface area is 197 Å². The molecular formula is C25H25N3O6. The lowest BCUT2D eigenvalue weighted by atomic mass is 10.1. The highest BCUT2D eigenvalue weighted by Gasteiger charge is 2.17. The summed E-state index contributed by atoms with van der Waals surface area (Å²) in [7, 11) is 4.37. The number of carbonyl (C=O) groups is 2. The van der Waals surface area contributed by atoms with Gasteiger partial charge in [-0.15, -0.1) is 0 Å². The number of hydrogen-bond acceptors (Lipinski definition) is 7. The normalized spacial score (nSPS) is 10.4. The van der Waals surface area contributed by atoms with Crippen LogP contribution in [0.1, 0.15) is 15.9 Å². The molecule has 0 radical (unpaired) electrons. The van der Waals surface area contributed by atoms with Crippen molar-refractivity contribution in [1.82, 2.24) is 10.7 Å². The summed E-state index contributed by atoms with van der Waals surface area (Å²) >= 11 is 0. The van der Waals surface area contributed by atoms with E-state index in [4.69, 9.17) is 18.9 Å². The molecule has 3 aromatic rings. The van der Waals surface area contributed by atoms with Crippen molar-refractivity contribution in [3.8, 4) is 28.7 Å². The highest BCUT2D eigenvalue weighted by Crippen LogP contribution is 2.38. The second-order valence-corrected chi connectivity index (χ2v) is 6.88. The average Bonchev–Trinajstić information content (AvgIpc) is 2.87. The summed E-state index contributed by atoms with van der Waals surface area (Å²) < 4.78 is 21.5. The zero-order valence-electron chi connectivity index (χ0n) is 19.0. The van der Waals surface area contributed by atoms with Gasteiger partial charge in [-0.3, -0.25) is 9.59 Å². The number of carbonyl (C=O) groups excluding carboxylic acids is 2. The molecule has 0 bridgehead atoms. The molecule has 9 heteroatoms. The highest BCUT2D eigenvalue weighted by atomic mass is 16.5. The van der Waals surface area contributed by atoms with Crippen molar-refractivity contribution in [2.75, 3.05) is 27.9 Å². The fourth-order valence-electron chi connectivity index (χ4n) is 2.98. The third-order valence-electron chi connectivity index (χ3n) is 4.58. The number of benzene rings is 3. The van der Waals surface area contributed by atoms with Crippen LogP contribution < -0.4 is 29.7 Å². The fourth-order valence-corrected chi connectivity index (χ4v) is 2.98.